The summed E-state index contributed by atoms with van der Waals surface area (Å²) in [7, 11) is 0. The second-order valence-electron chi connectivity index (χ2n) is 9.37. The highest BCUT2D eigenvalue weighted by molar-refractivity contribution is 5.84. The second kappa shape index (κ2) is 11.2. The maximum Gasteiger partial charge on any atom is 0.303 e. The van der Waals surface area contributed by atoms with Gasteiger partial charge in [0.15, 0.2) is 0 Å². The molecule has 3 heterocycles. The van der Waals surface area contributed by atoms with Gasteiger partial charge in [0.1, 0.15) is 11.6 Å². The fourth-order valence-corrected chi connectivity index (χ4v) is 4.96. The molecule has 1 fully saturated rings. The number of esters is 1. The molecule has 8 nitrogen and oxygen atoms in total. The van der Waals surface area contributed by atoms with Crippen molar-refractivity contribution < 1.29 is 14.3 Å². The van der Waals surface area contributed by atoms with Crippen molar-refractivity contribution >= 4 is 11.9 Å². The van der Waals surface area contributed by atoms with Gasteiger partial charge in [0.05, 0.1) is 6.54 Å². The molecule has 1 amide bonds. The average Bonchev–Trinajstić information content (AvgIpc) is 3.58. The fraction of sp³-hybridized carbons (Fsp3) is 0.310. The van der Waals surface area contributed by atoms with E-state index in [2.05, 4.69) is 31.2 Å². The van der Waals surface area contributed by atoms with Gasteiger partial charge in [-0.3, -0.25) is 9.59 Å². The molecular weight excluding hydrogens is 466 g/mol. The number of imidazole rings is 2. The van der Waals surface area contributed by atoms with E-state index in [0.717, 1.165) is 31.0 Å². The van der Waals surface area contributed by atoms with Gasteiger partial charge in [0.25, 0.3) is 5.91 Å². The lowest BCUT2D eigenvalue weighted by Gasteiger charge is -2.34. The molecule has 1 aliphatic rings. The normalized spacial score (nSPS) is 14.9. The molecule has 5 rings (SSSR count). The first-order valence-corrected chi connectivity index (χ1v) is 12.6. The van der Waals surface area contributed by atoms with Gasteiger partial charge in [-0.2, -0.15) is 0 Å². The lowest BCUT2D eigenvalue weighted by atomic mass is 9.95. The van der Waals surface area contributed by atoms with Crippen LogP contribution in [0.15, 0.2) is 85.5 Å². The highest BCUT2D eigenvalue weighted by atomic mass is 16.5. The van der Waals surface area contributed by atoms with E-state index in [9.17, 15) is 9.59 Å². The van der Waals surface area contributed by atoms with Crippen molar-refractivity contribution in [2.45, 2.75) is 44.9 Å². The van der Waals surface area contributed by atoms with Crippen LogP contribution in [0.2, 0.25) is 0 Å². The number of nitrogens with zero attached hydrogens (tertiary/aromatic N) is 5. The zero-order chi connectivity index (χ0) is 25.6. The van der Waals surface area contributed by atoms with Crippen LogP contribution < -0.4 is 0 Å². The number of hydrogen-bond donors (Lipinski definition) is 0. The van der Waals surface area contributed by atoms with Crippen molar-refractivity contribution in [3.05, 3.63) is 108 Å². The summed E-state index contributed by atoms with van der Waals surface area (Å²) in [5.74, 6) is 1.58. The number of likely N-dealkylation sites (tertiary alicyclic amines) is 1. The molecule has 2 aromatic heterocycles. The first-order chi connectivity index (χ1) is 18.1. The topological polar surface area (TPSA) is 82.2 Å². The smallest absolute Gasteiger partial charge is 0.303 e. The maximum atomic E-state index is 13.3. The molecule has 0 spiro atoms. The molecule has 0 N–H and O–H groups in total. The van der Waals surface area contributed by atoms with Gasteiger partial charge in [-0.05, 0) is 18.4 Å². The maximum absolute atomic E-state index is 13.3. The van der Waals surface area contributed by atoms with Crippen molar-refractivity contribution in [3.8, 4) is 0 Å². The molecule has 190 valence electrons. The Balaban J connectivity index is 1.24. The molecule has 0 bridgehead atoms. The summed E-state index contributed by atoms with van der Waals surface area (Å²) in [5, 5.41) is 0. The molecule has 0 radical (unpaired) electrons. The Morgan fingerprint density at radius 2 is 1.54 bits per heavy atom. The van der Waals surface area contributed by atoms with Crippen LogP contribution in [0.25, 0.3) is 0 Å². The summed E-state index contributed by atoms with van der Waals surface area (Å²) in [6.45, 7) is 3.91. The first-order valence-electron chi connectivity index (χ1n) is 12.6. The highest BCUT2D eigenvalue weighted by Crippen LogP contribution is 2.30. The molecule has 0 aliphatic carbocycles. The quantitative estimate of drug-likeness (QED) is 0.341. The van der Waals surface area contributed by atoms with Gasteiger partial charge in [0.2, 0.25) is 6.10 Å². The van der Waals surface area contributed by atoms with Crippen LogP contribution >= 0.6 is 0 Å². The number of rotatable bonds is 8. The van der Waals surface area contributed by atoms with Gasteiger partial charge >= 0.3 is 5.97 Å². The largest absolute Gasteiger partial charge is 0.447 e. The SMILES string of the molecule is CC(=O)OC(C(=O)N1CCC(c2nccn2Cc2nccn2Cc2ccccc2)CC1)c1ccccc1. The molecule has 2 aromatic carbocycles. The molecule has 1 atom stereocenters. The Morgan fingerprint density at radius 3 is 2.24 bits per heavy atom. The zero-order valence-corrected chi connectivity index (χ0v) is 20.9. The average molecular weight is 498 g/mol. The minimum Gasteiger partial charge on any atom is -0.447 e. The number of carbonyl (C=O) groups excluding carboxylic acids is 2. The van der Waals surface area contributed by atoms with Crippen LogP contribution in [0.3, 0.4) is 0 Å². The summed E-state index contributed by atoms with van der Waals surface area (Å²) < 4.78 is 9.76. The second-order valence-corrected chi connectivity index (χ2v) is 9.37. The van der Waals surface area contributed by atoms with E-state index < -0.39 is 12.1 Å². The Bertz CT molecular complexity index is 1320. The number of ether oxygens (including phenoxy) is 1. The van der Waals surface area contributed by atoms with Crippen LogP contribution in [0, 0.1) is 0 Å². The van der Waals surface area contributed by atoms with E-state index in [-0.39, 0.29) is 11.8 Å². The Labute approximate surface area is 216 Å². The fourth-order valence-electron chi connectivity index (χ4n) is 4.96. The van der Waals surface area contributed by atoms with Crippen molar-refractivity contribution in [2.24, 2.45) is 0 Å². The summed E-state index contributed by atoms with van der Waals surface area (Å²) in [5.41, 5.74) is 1.92. The van der Waals surface area contributed by atoms with Gasteiger partial charge in [0, 0.05) is 62.8 Å². The van der Waals surface area contributed by atoms with Gasteiger partial charge in [-0.25, -0.2) is 9.97 Å². The zero-order valence-electron chi connectivity index (χ0n) is 20.9. The molecule has 1 unspecified atom stereocenters. The van der Waals surface area contributed by atoms with Crippen LogP contribution in [0.1, 0.15) is 54.6 Å². The Morgan fingerprint density at radius 1 is 0.892 bits per heavy atom. The number of hydrogen-bond acceptors (Lipinski definition) is 5. The summed E-state index contributed by atoms with van der Waals surface area (Å²) in [4.78, 5) is 36.1. The van der Waals surface area contributed by atoms with Gasteiger partial charge in [-0.1, -0.05) is 60.7 Å². The lowest BCUT2D eigenvalue weighted by Crippen LogP contribution is -2.42. The predicted octanol–water partition coefficient (Wildman–Crippen LogP) is 4.19. The van der Waals surface area contributed by atoms with Crippen LogP contribution in [0.5, 0.6) is 0 Å². The van der Waals surface area contributed by atoms with Crippen molar-refractivity contribution in [1.29, 1.82) is 0 Å². The Hall–Kier alpha value is -4.20. The molecule has 1 saturated heterocycles. The molecule has 8 heteroatoms. The third kappa shape index (κ3) is 5.80. The minimum atomic E-state index is -0.916. The molecule has 0 saturated carbocycles. The van der Waals surface area contributed by atoms with Crippen LogP contribution in [-0.4, -0.2) is 49.0 Å². The molecular formula is C29H31N5O3. The number of piperidine rings is 1. The highest BCUT2D eigenvalue weighted by Gasteiger charge is 2.32. The summed E-state index contributed by atoms with van der Waals surface area (Å²) >= 11 is 0. The van der Waals surface area contributed by atoms with E-state index in [0.29, 0.717) is 25.2 Å². The molecule has 1 aliphatic heterocycles. The van der Waals surface area contributed by atoms with Crippen molar-refractivity contribution in [1.82, 2.24) is 24.0 Å². The van der Waals surface area contributed by atoms with Crippen molar-refractivity contribution in [2.75, 3.05) is 13.1 Å². The van der Waals surface area contributed by atoms with E-state index in [1.165, 1.54) is 12.5 Å². The van der Waals surface area contributed by atoms with E-state index in [4.69, 9.17) is 4.74 Å². The first kappa shape index (κ1) is 24.5. The van der Waals surface area contributed by atoms with Crippen LogP contribution in [-0.2, 0) is 27.4 Å². The number of carbonyl (C=O) groups is 2. The van der Waals surface area contributed by atoms with Crippen molar-refractivity contribution in [3.63, 3.8) is 0 Å². The van der Waals surface area contributed by atoms with Gasteiger partial charge in [-0.15, -0.1) is 0 Å². The predicted molar refractivity (Wildman–Crippen MR) is 139 cm³/mol. The molecule has 4 aromatic rings. The third-order valence-corrected chi connectivity index (χ3v) is 6.84. The minimum absolute atomic E-state index is 0.175. The van der Waals surface area contributed by atoms with E-state index in [1.54, 1.807) is 4.90 Å². The summed E-state index contributed by atoms with van der Waals surface area (Å²) in [6.07, 6.45) is 8.36. The monoisotopic (exact) mass is 497 g/mol. The standard InChI is InChI=1S/C29H31N5O3/c1-22(35)37-27(24-10-6-3-7-11-24)29(36)32-16-12-25(13-17-32)28-31-15-19-34(28)21-26-30-14-18-33(26)20-23-8-4-2-5-9-23/h2-11,14-15,18-19,25,27H,12-13,16-17,20-21H2,1H3. The molecule has 37 heavy (non-hydrogen) atoms. The van der Waals surface area contributed by atoms with Crippen LogP contribution in [0.4, 0.5) is 0 Å². The summed E-state index contributed by atoms with van der Waals surface area (Å²) in [6, 6.07) is 19.5. The van der Waals surface area contributed by atoms with Gasteiger partial charge < -0.3 is 18.8 Å². The number of aromatic nitrogens is 4. The van der Waals surface area contributed by atoms with E-state index in [1.807, 2.05) is 73.3 Å². The number of amides is 1. The third-order valence-electron chi connectivity index (χ3n) is 6.84. The Kier molecular flexibility index (Phi) is 7.44. The van der Waals surface area contributed by atoms with E-state index >= 15 is 0 Å². The number of benzene rings is 2. The lowest BCUT2D eigenvalue weighted by molar-refractivity contribution is -0.159.